The average molecular weight is 443 g/mol. The summed E-state index contributed by atoms with van der Waals surface area (Å²) in [5, 5.41) is 3.68. The summed E-state index contributed by atoms with van der Waals surface area (Å²) in [7, 11) is 0. The number of fused-ring (bicyclic) bond motifs is 3. The zero-order valence-corrected chi connectivity index (χ0v) is 17.4. The van der Waals surface area contributed by atoms with Gasteiger partial charge in [0.2, 0.25) is 12.7 Å². The molecule has 7 nitrogen and oxygen atoms in total. The molecule has 8 heteroatoms. The summed E-state index contributed by atoms with van der Waals surface area (Å²) >= 11 is 0. The second kappa shape index (κ2) is 7.67. The van der Waals surface area contributed by atoms with E-state index in [1.807, 2.05) is 36.4 Å². The normalized spacial score (nSPS) is 12.5. The van der Waals surface area contributed by atoms with Gasteiger partial charge in [0, 0.05) is 22.6 Å². The Morgan fingerprint density at radius 3 is 2.73 bits per heavy atom. The number of aromatic nitrogens is 2. The highest BCUT2D eigenvalue weighted by atomic mass is 19.1. The summed E-state index contributed by atoms with van der Waals surface area (Å²) < 4.78 is 30.6. The van der Waals surface area contributed by atoms with E-state index in [2.05, 4.69) is 15.3 Å². The minimum absolute atomic E-state index is 0.103. The number of carbonyl (C=O) groups excluding carboxylic acids is 1. The fraction of sp³-hybridized carbons (Fsp3) is 0.120. The van der Waals surface area contributed by atoms with E-state index in [9.17, 15) is 9.18 Å². The van der Waals surface area contributed by atoms with Gasteiger partial charge >= 0.3 is 0 Å². The number of amides is 1. The van der Waals surface area contributed by atoms with Gasteiger partial charge in [0.25, 0.3) is 0 Å². The molecule has 5 aromatic rings. The maximum absolute atomic E-state index is 13.4. The zero-order valence-electron chi connectivity index (χ0n) is 17.4. The fourth-order valence-electron chi connectivity index (χ4n) is 4.06. The average Bonchev–Trinajstić information content (AvgIpc) is 3.53. The topological polar surface area (TPSA) is 89.4 Å². The quantitative estimate of drug-likeness (QED) is 0.411. The summed E-state index contributed by atoms with van der Waals surface area (Å²) in [6, 6.07) is 17.6. The number of imidazole rings is 1. The standard InChI is InChI=1S/C25H18FN3O4/c26-15-6-7-18-19(8-15)29-23(28-18)12-27-24(30)10-17-16-9-21-22(32-13-31-21)11-20(16)33-25(17)14-4-2-1-3-5-14/h1-9,11H,10,12-13H2,(H,27,30)(H,28,29). The lowest BCUT2D eigenvalue weighted by Gasteiger charge is -2.05. The largest absolute Gasteiger partial charge is 0.456 e. The minimum Gasteiger partial charge on any atom is -0.456 e. The molecule has 0 saturated heterocycles. The number of rotatable bonds is 5. The number of furan rings is 1. The number of nitrogens with one attached hydrogen (secondary N) is 2. The van der Waals surface area contributed by atoms with E-state index >= 15 is 0 Å². The molecule has 0 bridgehead atoms. The second-order valence-corrected chi connectivity index (χ2v) is 7.78. The van der Waals surface area contributed by atoms with Gasteiger partial charge in [0.15, 0.2) is 11.5 Å². The smallest absolute Gasteiger partial charge is 0.231 e. The summed E-state index contributed by atoms with van der Waals surface area (Å²) in [5.74, 6) is 1.88. The Kier molecular flexibility index (Phi) is 4.50. The van der Waals surface area contributed by atoms with Crippen LogP contribution in [0, 0.1) is 5.82 Å². The van der Waals surface area contributed by atoms with Gasteiger partial charge in [-0.1, -0.05) is 30.3 Å². The molecular weight excluding hydrogens is 425 g/mol. The molecule has 0 atom stereocenters. The van der Waals surface area contributed by atoms with E-state index in [1.54, 1.807) is 12.1 Å². The summed E-state index contributed by atoms with van der Waals surface area (Å²) in [6.45, 7) is 0.350. The van der Waals surface area contributed by atoms with Crippen molar-refractivity contribution < 1.29 is 23.1 Å². The van der Waals surface area contributed by atoms with Gasteiger partial charge in [-0.15, -0.1) is 0 Å². The predicted octanol–water partition coefficient (Wildman–Crippen LogP) is 4.70. The highest BCUT2D eigenvalue weighted by Crippen LogP contribution is 2.41. The van der Waals surface area contributed by atoms with Crippen molar-refractivity contribution in [2.45, 2.75) is 13.0 Å². The van der Waals surface area contributed by atoms with Crippen LogP contribution < -0.4 is 14.8 Å². The molecule has 0 fully saturated rings. The van der Waals surface area contributed by atoms with Gasteiger partial charge in [-0.3, -0.25) is 4.79 Å². The van der Waals surface area contributed by atoms with E-state index in [-0.39, 0.29) is 31.5 Å². The summed E-state index contributed by atoms with van der Waals surface area (Å²) in [6.07, 6.45) is 0.103. The SMILES string of the molecule is O=C(Cc1c(-c2ccccc2)oc2cc3c(cc12)OCO3)NCc1nc2ccc(F)cc2[nH]1. The molecular formula is C25H18FN3O4. The van der Waals surface area contributed by atoms with Gasteiger partial charge in [0.05, 0.1) is 24.0 Å². The number of halogens is 1. The molecule has 0 saturated carbocycles. The number of ether oxygens (including phenoxy) is 2. The fourth-order valence-corrected chi connectivity index (χ4v) is 4.06. The molecule has 164 valence electrons. The molecule has 1 amide bonds. The first-order valence-corrected chi connectivity index (χ1v) is 10.5. The van der Waals surface area contributed by atoms with Crippen LogP contribution in [0.1, 0.15) is 11.4 Å². The predicted molar refractivity (Wildman–Crippen MR) is 119 cm³/mol. The summed E-state index contributed by atoms with van der Waals surface area (Å²) in [5.41, 5.74) is 3.49. The van der Waals surface area contributed by atoms with Gasteiger partial charge in [-0.05, 0) is 24.3 Å². The van der Waals surface area contributed by atoms with Crippen molar-refractivity contribution in [2.75, 3.05) is 6.79 Å². The monoisotopic (exact) mass is 443 g/mol. The molecule has 1 aliphatic rings. The van der Waals surface area contributed by atoms with Crippen LogP contribution in [0.2, 0.25) is 0 Å². The van der Waals surface area contributed by atoms with Gasteiger partial charge < -0.3 is 24.2 Å². The number of aromatic amines is 1. The van der Waals surface area contributed by atoms with E-state index < -0.39 is 0 Å². The van der Waals surface area contributed by atoms with Crippen molar-refractivity contribution in [1.29, 1.82) is 0 Å². The third-order valence-corrected chi connectivity index (χ3v) is 5.61. The third-order valence-electron chi connectivity index (χ3n) is 5.61. The number of carbonyl (C=O) groups is 1. The van der Waals surface area contributed by atoms with Crippen LogP contribution in [-0.2, 0) is 17.8 Å². The number of benzene rings is 3. The van der Waals surface area contributed by atoms with Crippen molar-refractivity contribution in [1.82, 2.24) is 15.3 Å². The van der Waals surface area contributed by atoms with Crippen LogP contribution in [0.4, 0.5) is 4.39 Å². The van der Waals surface area contributed by atoms with Crippen LogP contribution in [0.15, 0.2) is 65.1 Å². The second-order valence-electron chi connectivity index (χ2n) is 7.78. The van der Waals surface area contributed by atoms with Crippen LogP contribution in [0.5, 0.6) is 11.5 Å². The number of hydrogen-bond donors (Lipinski definition) is 2. The van der Waals surface area contributed by atoms with Gasteiger partial charge in [0.1, 0.15) is 23.0 Å². The highest BCUT2D eigenvalue weighted by molar-refractivity contribution is 5.94. The lowest BCUT2D eigenvalue weighted by Crippen LogP contribution is -2.25. The lowest BCUT2D eigenvalue weighted by atomic mass is 10.0. The van der Waals surface area contributed by atoms with Crippen LogP contribution >= 0.6 is 0 Å². The molecule has 0 aliphatic carbocycles. The zero-order chi connectivity index (χ0) is 22.4. The number of nitrogens with zero attached hydrogens (tertiary/aromatic N) is 1. The molecule has 3 aromatic carbocycles. The van der Waals surface area contributed by atoms with Crippen LogP contribution in [0.25, 0.3) is 33.3 Å². The van der Waals surface area contributed by atoms with E-state index in [0.717, 1.165) is 16.5 Å². The molecule has 2 aromatic heterocycles. The van der Waals surface area contributed by atoms with Gasteiger partial charge in [-0.25, -0.2) is 9.37 Å². The molecule has 2 N–H and O–H groups in total. The molecule has 6 rings (SSSR count). The minimum atomic E-state index is -0.345. The lowest BCUT2D eigenvalue weighted by molar-refractivity contribution is -0.120. The molecule has 3 heterocycles. The third kappa shape index (κ3) is 3.55. The maximum Gasteiger partial charge on any atom is 0.231 e. The van der Waals surface area contributed by atoms with E-state index in [0.29, 0.717) is 39.7 Å². The first kappa shape index (κ1) is 19.4. The first-order valence-electron chi connectivity index (χ1n) is 10.5. The van der Waals surface area contributed by atoms with Crippen molar-refractivity contribution >= 4 is 27.9 Å². The molecule has 0 unspecified atom stereocenters. The Labute approximate surface area is 187 Å². The number of hydrogen-bond acceptors (Lipinski definition) is 5. The maximum atomic E-state index is 13.4. The van der Waals surface area contributed by atoms with Crippen LogP contribution in [0.3, 0.4) is 0 Å². The first-order chi connectivity index (χ1) is 16.1. The Morgan fingerprint density at radius 1 is 1.06 bits per heavy atom. The summed E-state index contributed by atoms with van der Waals surface area (Å²) in [4.78, 5) is 20.3. The van der Waals surface area contributed by atoms with Crippen molar-refractivity contribution in [2.24, 2.45) is 0 Å². The number of H-pyrrole nitrogens is 1. The Bertz CT molecular complexity index is 1510. The van der Waals surface area contributed by atoms with Crippen molar-refractivity contribution in [3.05, 3.63) is 77.9 Å². The van der Waals surface area contributed by atoms with E-state index in [4.69, 9.17) is 13.9 Å². The Balaban J connectivity index is 1.29. The Hall–Kier alpha value is -4.33. The van der Waals surface area contributed by atoms with E-state index in [1.165, 1.54) is 12.1 Å². The highest BCUT2D eigenvalue weighted by Gasteiger charge is 2.23. The molecule has 0 spiro atoms. The molecule has 1 aliphatic heterocycles. The Morgan fingerprint density at radius 2 is 1.88 bits per heavy atom. The van der Waals surface area contributed by atoms with Crippen molar-refractivity contribution in [3.63, 3.8) is 0 Å². The van der Waals surface area contributed by atoms with Gasteiger partial charge in [-0.2, -0.15) is 0 Å². The molecule has 33 heavy (non-hydrogen) atoms. The molecule has 0 radical (unpaired) electrons. The van der Waals surface area contributed by atoms with Crippen molar-refractivity contribution in [3.8, 4) is 22.8 Å². The van der Waals surface area contributed by atoms with Crippen LogP contribution in [-0.4, -0.2) is 22.7 Å².